The number of hydrogen-bond acceptors (Lipinski definition) is 2. The van der Waals surface area contributed by atoms with Crippen LogP contribution >= 0.6 is 11.6 Å². The summed E-state index contributed by atoms with van der Waals surface area (Å²) in [5.41, 5.74) is 1.73. The topological polar surface area (TPSA) is 27.0 Å². The lowest BCUT2D eigenvalue weighted by atomic mass is 9.86. The van der Waals surface area contributed by atoms with Gasteiger partial charge >= 0.3 is 0 Å². The zero-order valence-corrected chi connectivity index (χ0v) is 10.9. The van der Waals surface area contributed by atoms with Crippen molar-refractivity contribution in [3.63, 3.8) is 0 Å². The number of fused-ring (bicyclic) bond motifs is 1. The van der Waals surface area contributed by atoms with Crippen LogP contribution in [0.1, 0.15) is 18.4 Å². The van der Waals surface area contributed by atoms with E-state index in [1.54, 1.807) is 6.07 Å². The minimum atomic E-state index is 0.633. The zero-order valence-electron chi connectivity index (χ0n) is 10.1. The Morgan fingerprint density at radius 2 is 1.83 bits per heavy atom. The van der Waals surface area contributed by atoms with Gasteiger partial charge in [0, 0.05) is 18.1 Å². The van der Waals surface area contributed by atoms with E-state index >= 15 is 0 Å². The van der Waals surface area contributed by atoms with Crippen molar-refractivity contribution in [3.8, 4) is 6.07 Å². The fraction of sp³-hybridized carbons (Fsp3) is 0.400. The Morgan fingerprint density at radius 3 is 2.44 bits per heavy atom. The lowest BCUT2D eigenvalue weighted by Crippen LogP contribution is -2.20. The molecule has 1 aromatic carbocycles. The summed E-state index contributed by atoms with van der Waals surface area (Å²) in [5, 5.41) is 9.85. The van der Waals surface area contributed by atoms with Gasteiger partial charge in [0.25, 0.3) is 0 Å². The molecule has 0 spiro atoms. The van der Waals surface area contributed by atoms with Crippen molar-refractivity contribution in [1.29, 1.82) is 5.26 Å². The fourth-order valence-electron chi connectivity index (χ4n) is 3.09. The predicted molar refractivity (Wildman–Crippen MR) is 73.7 cm³/mol. The van der Waals surface area contributed by atoms with E-state index in [0.29, 0.717) is 10.6 Å². The number of nitriles is 1. The number of allylic oxidation sites excluding steroid dienone is 2. The van der Waals surface area contributed by atoms with Gasteiger partial charge in [0.2, 0.25) is 0 Å². The second-order valence-electron chi connectivity index (χ2n) is 5.14. The third-order valence-electron chi connectivity index (χ3n) is 4.04. The largest absolute Gasteiger partial charge is 0.370 e. The molecule has 1 fully saturated rings. The fourth-order valence-corrected chi connectivity index (χ4v) is 3.26. The maximum absolute atomic E-state index is 9.21. The molecule has 0 bridgehead atoms. The van der Waals surface area contributed by atoms with Gasteiger partial charge in [-0.05, 0) is 42.9 Å². The molecule has 1 aromatic rings. The van der Waals surface area contributed by atoms with Crippen LogP contribution < -0.4 is 4.90 Å². The van der Waals surface area contributed by atoms with Crippen LogP contribution in [0.5, 0.6) is 0 Å². The van der Waals surface area contributed by atoms with Crippen LogP contribution in [0.15, 0.2) is 30.4 Å². The van der Waals surface area contributed by atoms with Crippen LogP contribution in [0.25, 0.3) is 0 Å². The first kappa shape index (κ1) is 11.6. The summed E-state index contributed by atoms with van der Waals surface area (Å²) in [7, 11) is 0. The molecule has 2 atom stereocenters. The molecule has 2 aliphatic rings. The normalized spacial score (nSPS) is 25.9. The molecule has 1 heterocycles. The van der Waals surface area contributed by atoms with E-state index < -0.39 is 0 Å². The number of halogens is 1. The third-order valence-corrected chi connectivity index (χ3v) is 4.28. The average molecular weight is 259 g/mol. The van der Waals surface area contributed by atoms with Crippen LogP contribution in [0.4, 0.5) is 5.69 Å². The maximum Gasteiger partial charge on any atom is 0.101 e. The first-order chi connectivity index (χ1) is 8.78. The summed E-state index contributed by atoms with van der Waals surface area (Å²) in [6, 6.07) is 7.86. The quantitative estimate of drug-likeness (QED) is 0.720. The van der Waals surface area contributed by atoms with Crippen molar-refractivity contribution < 1.29 is 0 Å². The van der Waals surface area contributed by atoms with E-state index in [2.05, 4.69) is 23.1 Å². The molecular formula is C15H15ClN2. The number of anilines is 1. The van der Waals surface area contributed by atoms with Crippen LogP contribution in [0.3, 0.4) is 0 Å². The highest BCUT2D eigenvalue weighted by atomic mass is 35.5. The van der Waals surface area contributed by atoms with Crippen molar-refractivity contribution >= 4 is 17.3 Å². The number of hydrogen-bond donors (Lipinski definition) is 0. The molecule has 3 heteroatoms. The second kappa shape index (κ2) is 4.66. The summed E-state index contributed by atoms with van der Waals surface area (Å²) in [5.74, 6) is 1.49. The van der Waals surface area contributed by atoms with Crippen LogP contribution in [0.2, 0.25) is 5.02 Å². The highest BCUT2D eigenvalue weighted by Crippen LogP contribution is 2.36. The number of benzene rings is 1. The minimum absolute atomic E-state index is 0.633. The lowest BCUT2D eigenvalue weighted by molar-refractivity contribution is 0.411. The summed E-state index contributed by atoms with van der Waals surface area (Å²) < 4.78 is 0. The van der Waals surface area contributed by atoms with Crippen molar-refractivity contribution in [2.24, 2.45) is 11.8 Å². The van der Waals surface area contributed by atoms with E-state index in [9.17, 15) is 5.26 Å². The Balaban J connectivity index is 1.87. The van der Waals surface area contributed by atoms with Gasteiger partial charge in [-0.2, -0.15) is 5.26 Å². The van der Waals surface area contributed by atoms with Crippen molar-refractivity contribution in [2.45, 2.75) is 12.8 Å². The van der Waals surface area contributed by atoms with E-state index in [4.69, 9.17) is 11.6 Å². The smallest absolute Gasteiger partial charge is 0.101 e. The maximum atomic E-state index is 9.21. The molecule has 2 unspecified atom stereocenters. The monoisotopic (exact) mass is 258 g/mol. The Morgan fingerprint density at radius 1 is 1.17 bits per heavy atom. The van der Waals surface area contributed by atoms with Crippen molar-refractivity contribution in [2.75, 3.05) is 18.0 Å². The Labute approximate surface area is 112 Å². The third kappa shape index (κ3) is 2.00. The van der Waals surface area contributed by atoms with E-state index in [1.807, 2.05) is 12.1 Å². The second-order valence-corrected chi connectivity index (χ2v) is 5.58. The first-order valence-electron chi connectivity index (χ1n) is 6.37. The molecule has 0 saturated carbocycles. The summed E-state index contributed by atoms with van der Waals surface area (Å²) in [4.78, 5) is 2.34. The predicted octanol–water partition coefficient (Wildman–Crippen LogP) is 3.61. The Kier molecular flexibility index (Phi) is 3.01. The highest BCUT2D eigenvalue weighted by molar-refractivity contribution is 6.30. The molecule has 3 rings (SSSR count). The van der Waals surface area contributed by atoms with Gasteiger partial charge < -0.3 is 4.90 Å². The van der Waals surface area contributed by atoms with Gasteiger partial charge in [0.05, 0.1) is 11.3 Å². The summed E-state index contributed by atoms with van der Waals surface area (Å²) >= 11 is 5.94. The molecule has 0 radical (unpaired) electrons. The SMILES string of the molecule is N#Cc1cc(Cl)ccc1N1CC2CC=CCC2C1. The van der Waals surface area contributed by atoms with Crippen LogP contribution in [-0.4, -0.2) is 13.1 Å². The van der Waals surface area contributed by atoms with Gasteiger partial charge in [-0.3, -0.25) is 0 Å². The Hall–Kier alpha value is -1.46. The van der Waals surface area contributed by atoms with Crippen LogP contribution in [0, 0.1) is 23.2 Å². The first-order valence-corrected chi connectivity index (χ1v) is 6.75. The van der Waals surface area contributed by atoms with Gasteiger partial charge in [0.15, 0.2) is 0 Å². The molecule has 0 N–H and O–H groups in total. The lowest BCUT2D eigenvalue weighted by Gasteiger charge is -2.19. The molecule has 1 aliphatic heterocycles. The number of nitrogens with zero attached hydrogens (tertiary/aromatic N) is 2. The van der Waals surface area contributed by atoms with E-state index in [1.165, 1.54) is 12.8 Å². The minimum Gasteiger partial charge on any atom is -0.370 e. The summed E-state index contributed by atoms with van der Waals surface area (Å²) in [6.45, 7) is 2.12. The Bertz CT molecular complexity index is 514. The summed E-state index contributed by atoms with van der Waals surface area (Å²) in [6.07, 6.45) is 6.93. The molecule has 0 amide bonds. The van der Waals surface area contributed by atoms with Gasteiger partial charge in [-0.25, -0.2) is 0 Å². The van der Waals surface area contributed by atoms with E-state index in [-0.39, 0.29) is 0 Å². The molecule has 1 aliphatic carbocycles. The van der Waals surface area contributed by atoms with Crippen LogP contribution in [-0.2, 0) is 0 Å². The molecule has 92 valence electrons. The molecule has 1 saturated heterocycles. The average Bonchev–Trinajstić information content (AvgIpc) is 2.82. The molecule has 0 aromatic heterocycles. The highest BCUT2D eigenvalue weighted by Gasteiger charge is 2.33. The molecular weight excluding hydrogens is 244 g/mol. The molecule has 2 nitrogen and oxygen atoms in total. The standard InChI is InChI=1S/C15H15ClN2/c16-14-5-6-15(13(7-14)8-17)18-9-11-3-1-2-4-12(11)10-18/h1-2,5-7,11-12H,3-4,9-10H2. The number of rotatable bonds is 1. The van der Waals surface area contributed by atoms with Gasteiger partial charge in [-0.1, -0.05) is 23.8 Å². The zero-order chi connectivity index (χ0) is 12.5. The van der Waals surface area contributed by atoms with Crippen molar-refractivity contribution in [3.05, 3.63) is 40.9 Å². The molecule has 18 heavy (non-hydrogen) atoms. The van der Waals surface area contributed by atoms with Gasteiger partial charge in [-0.15, -0.1) is 0 Å². The van der Waals surface area contributed by atoms with Crippen molar-refractivity contribution in [1.82, 2.24) is 0 Å². The van der Waals surface area contributed by atoms with Gasteiger partial charge in [0.1, 0.15) is 6.07 Å². The van der Waals surface area contributed by atoms with E-state index in [0.717, 1.165) is 30.6 Å².